The molecule has 29 heavy (non-hydrogen) atoms. The summed E-state index contributed by atoms with van der Waals surface area (Å²) in [6.07, 6.45) is 3.39. The molecular weight excluding hydrogens is 390 g/mol. The highest BCUT2D eigenvalue weighted by molar-refractivity contribution is 6.33. The molecule has 0 saturated heterocycles. The smallest absolute Gasteiger partial charge is 0.368 e. The minimum atomic E-state index is -0.320. The topological polar surface area (TPSA) is 74.8 Å². The van der Waals surface area contributed by atoms with E-state index in [1.165, 1.54) is 9.36 Å². The highest BCUT2D eigenvalue weighted by Gasteiger charge is 2.14. The van der Waals surface area contributed by atoms with Gasteiger partial charge in [-0.05, 0) is 41.1 Å². The highest BCUT2D eigenvalue weighted by Crippen LogP contribution is 2.29. The van der Waals surface area contributed by atoms with Gasteiger partial charge in [-0.2, -0.15) is 9.36 Å². The summed E-state index contributed by atoms with van der Waals surface area (Å²) in [6, 6.07) is 15.1. The van der Waals surface area contributed by atoms with Crippen molar-refractivity contribution in [1.82, 2.24) is 24.8 Å². The lowest BCUT2D eigenvalue weighted by atomic mass is 10.1. The Morgan fingerprint density at radius 1 is 1.07 bits per heavy atom. The van der Waals surface area contributed by atoms with Gasteiger partial charge < -0.3 is 4.74 Å². The molecule has 0 unspecified atom stereocenters. The second-order valence-electron chi connectivity index (χ2n) is 6.55. The molecule has 0 spiro atoms. The van der Waals surface area contributed by atoms with Crippen LogP contribution in [0.5, 0.6) is 5.75 Å². The van der Waals surface area contributed by atoms with Crippen LogP contribution in [0, 0.1) is 6.92 Å². The Hall–Kier alpha value is -3.45. The Morgan fingerprint density at radius 2 is 1.90 bits per heavy atom. The Balaban J connectivity index is 1.64. The first-order valence-electron chi connectivity index (χ1n) is 8.95. The van der Waals surface area contributed by atoms with Crippen LogP contribution in [-0.4, -0.2) is 24.8 Å². The van der Waals surface area contributed by atoms with E-state index in [0.29, 0.717) is 16.5 Å². The van der Waals surface area contributed by atoms with Gasteiger partial charge in [0.2, 0.25) is 0 Å². The maximum Gasteiger partial charge on any atom is 0.368 e. The molecule has 0 aliphatic carbocycles. The van der Waals surface area contributed by atoms with E-state index in [4.69, 9.17) is 16.3 Å². The van der Waals surface area contributed by atoms with Gasteiger partial charge in [-0.25, -0.2) is 4.79 Å². The Bertz CT molecular complexity index is 1230. The molecule has 2 heterocycles. The molecule has 0 bridgehead atoms. The first kappa shape index (κ1) is 18.9. The summed E-state index contributed by atoms with van der Waals surface area (Å²) in [6.45, 7) is 2.21. The van der Waals surface area contributed by atoms with Crippen molar-refractivity contribution in [2.24, 2.45) is 7.05 Å². The van der Waals surface area contributed by atoms with Crippen LogP contribution in [0.15, 0.2) is 65.7 Å². The van der Waals surface area contributed by atoms with E-state index in [-0.39, 0.29) is 12.3 Å². The van der Waals surface area contributed by atoms with E-state index in [1.807, 2.05) is 55.5 Å². The molecule has 7 nitrogen and oxygen atoms in total. The van der Waals surface area contributed by atoms with E-state index in [2.05, 4.69) is 15.4 Å². The van der Waals surface area contributed by atoms with Crippen molar-refractivity contribution in [3.05, 3.63) is 87.6 Å². The lowest BCUT2D eigenvalue weighted by Gasteiger charge is -2.13. The summed E-state index contributed by atoms with van der Waals surface area (Å²) < 4.78 is 8.46. The average Bonchev–Trinajstić information content (AvgIpc) is 3.06. The van der Waals surface area contributed by atoms with Crippen LogP contribution in [-0.2, 0) is 13.7 Å². The molecule has 2 aromatic carbocycles. The van der Waals surface area contributed by atoms with Crippen molar-refractivity contribution in [3.8, 4) is 22.6 Å². The number of hydrogen-bond acceptors (Lipinski definition) is 5. The molecule has 0 aliphatic heterocycles. The maximum atomic E-state index is 12.3. The van der Waals surface area contributed by atoms with Gasteiger partial charge in [-0.3, -0.25) is 4.98 Å². The summed E-state index contributed by atoms with van der Waals surface area (Å²) in [5.74, 6) is 0.600. The number of aromatic nitrogens is 5. The molecule has 8 heteroatoms. The lowest BCUT2D eigenvalue weighted by Crippen LogP contribution is -2.23. The fraction of sp³-hybridized carbons (Fsp3) is 0.143. The first-order chi connectivity index (χ1) is 14.0. The standard InChI is InChI=1S/C21H18ClN5O2/c1-14-6-5-9-20(27-21(28)26(2)24-25-27)18(14)13-29-16-10-15(11-23-12-16)17-7-3-4-8-19(17)22/h3-12H,13H2,1-2H3. The van der Waals surface area contributed by atoms with E-state index < -0.39 is 0 Å². The van der Waals surface area contributed by atoms with E-state index in [1.54, 1.807) is 19.4 Å². The van der Waals surface area contributed by atoms with Crippen LogP contribution >= 0.6 is 11.6 Å². The molecule has 0 N–H and O–H groups in total. The number of nitrogens with zero attached hydrogens (tertiary/aromatic N) is 5. The van der Waals surface area contributed by atoms with Gasteiger partial charge in [0.25, 0.3) is 0 Å². The number of pyridine rings is 1. The summed E-state index contributed by atoms with van der Waals surface area (Å²) >= 11 is 6.29. The third-order valence-electron chi connectivity index (χ3n) is 4.62. The number of rotatable bonds is 5. The van der Waals surface area contributed by atoms with E-state index >= 15 is 0 Å². The molecule has 4 aromatic rings. The number of ether oxygens (including phenoxy) is 1. The van der Waals surface area contributed by atoms with Gasteiger partial charge >= 0.3 is 5.69 Å². The van der Waals surface area contributed by atoms with Gasteiger partial charge in [-0.1, -0.05) is 41.9 Å². The van der Waals surface area contributed by atoms with E-state index in [9.17, 15) is 4.79 Å². The molecule has 0 saturated carbocycles. The molecule has 0 radical (unpaired) electrons. The Labute approximate surface area is 172 Å². The SMILES string of the molecule is Cc1cccc(-n2nnn(C)c2=O)c1COc1cncc(-c2ccccc2Cl)c1. The predicted octanol–water partition coefficient (Wildman–Crippen LogP) is 3.57. The maximum absolute atomic E-state index is 12.3. The summed E-state index contributed by atoms with van der Waals surface area (Å²) in [4.78, 5) is 16.5. The Morgan fingerprint density at radius 3 is 2.66 bits per heavy atom. The zero-order chi connectivity index (χ0) is 20.4. The van der Waals surface area contributed by atoms with Gasteiger partial charge in [0.05, 0.1) is 11.9 Å². The van der Waals surface area contributed by atoms with Crippen molar-refractivity contribution in [2.75, 3.05) is 0 Å². The number of benzene rings is 2. The normalized spacial score (nSPS) is 10.9. The molecule has 146 valence electrons. The Kier molecular flexibility index (Phi) is 5.14. The first-order valence-corrected chi connectivity index (χ1v) is 9.33. The highest BCUT2D eigenvalue weighted by atomic mass is 35.5. The molecule has 4 rings (SSSR count). The van der Waals surface area contributed by atoms with Crippen molar-refractivity contribution >= 4 is 11.6 Å². The van der Waals surface area contributed by atoms with Crippen LogP contribution < -0.4 is 10.4 Å². The largest absolute Gasteiger partial charge is 0.487 e. The van der Waals surface area contributed by atoms with Crippen LogP contribution in [0.4, 0.5) is 0 Å². The number of halogens is 1. The zero-order valence-corrected chi connectivity index (χ0v) is 16.7. The van der Waals surface area contributed by atoms with Gasteiger partial charge in [0.15, 0.2) is 0 Å². The molecule has 0 atom stereocenters. The molecule has 0 fully saturated rings. The van der Waals surface area contributed by atoms with Crippen LogP contribution in [0.3, 0.4) is 0 Å². The quantitative estimate of drug-likeness (QED) is 0.505. The van der Waals surface area contributed by atoms with Crippen molar-refractivity contribution in [3.63, 3.8) is 0 Å². The van der Waals surface area contributed by atoms with Crippen LogP contribution in [0.1, 0.15) is 11.1 Å². The fourth-order valence-electron chi connectivity index (χ4n) is 3.03. The number of hydrogen-bond donors (Lipinski definition) is 0. The number of tetrazole rings is 1. The van der Waals surface area contributed by atoms with E-state index in [0.717, 1.165) is 22.3 Å². The number of aryl methyl sites for hydroxylation is 2. The molecule has 0 aliphatic rings. The third kappa shape index (κ3) is 3.77. The lowest BCUT2D eigenvalue weighted by molar-refractivity contribution is 0.303. The van der Waals surface area contributed by atoms with Crippen LogP contribution in [0.25, 0.3) is 16.8 Å². The monoisotopic (exact) mass is 407 g/mol. The minimum Gasteiger partial charge on any atom is -0.487 e. The molecular formula is C21H18ClN5O2. The zero-order valence-electron chi connectivity index (χ0n) is 15.9. The van der Waals surface area contributed by atoms with Crippen molar-refractivity contribution < 1.29 is 4.74 Å². The fourth-order valence-corrected chi connectivity index (χ4v) is 3.28. The van der Waals surface area contributed by atoms with Gasteiger partial charge in [0.1, 0.15) is 12.4 Å². The summed E-state index contributed by atoms with van der Waals surface area (Å²) in [7, 11) is 1.56. The van der Waals surface area contributed by atoms with Crippen molar-refractivity contribution in [2.45, 2.75) is 13.5 Å². The van der Waals surface area contributed by atoms with Crippen molar-refractivity contribution in [1.29, 1.82) is 0 Å². The predicted molar refractivity (Wildman–Crippen MR) is 110 cm³/mol. The van der Waals surface area contributed by atoms with Gasteiger partial charge in [-0.15, -0.1) is 0 Å². The minimum absolute atomic E-state index is 0.249. The second kappa shape index (κ2) is 7.89. The second-order valence-corrected chi connectivity index (χ2v) is 6.95. The van der Waals surface area contributed by atoms with Gasteiger partial charge in [0, 0.05) is 35.0 Å². The molecule has 2 aromatic heterocycles. The summed E-state index contributed by atoms with van der Waals surface area (Å²) in [5.41, 5.74) is 3.89. The molecule has 0 amide bonds. The van der Waals surface area contributed by atoms with Crippen LogP contribution in [0.2, 0.25) is 5.02 Å². The third-order valence-corrected chi connectivity index (χ3v) is 4.95. The average molecular weight is 408 g/mol. The summed E-state index contributed by atoms with van der Waals surface area (Å²) in [5, 5.41) is 8.38.